The molecule has 0 heterocycles. The lowest BCUT2D eigenvalue weighted by atomic mass is 10.1. The quantitative estimate of drug-likeness (QED) is 0.301. The van der Waals surface area contributed by atoms with Gasteiger partial charge in [-0.2, -0.15) is 0 Å². The number of carbonyl (C=O) groups excluding carboxylic acids is 1. The monoisotopic (exact) mass is 433 g/mol. The fourth-order valence-corrected chi connectivity index (χ4v) is 1.87. The van der Waals surface area contributed by atoms with Gasteiger partial charge in [-0.25, -0.2) is 4.79 Å². The number of halogens is 1. The highest BCUT2D eigenvalue weighted by molar-refractivity contribution is 14.0. The zero-order chi connectivity index (χ0) is 16.4. The van der Waals surface area contributed by atoms with Crippen molar-refractivity contribution >= 4 is 35.9 Å². The third kappa shape index (κ3) is 8.78. The molecule has 2 N–H and O–H groups in total. The molecule has 0 amide bonds. The minimum Gasteiger partial charge on any atom is -0.465 e. The first kappa shape index (κ1) is 21.7. The van der Waals surface area contributed by atoms with Crippen LogP contribution in [0.3, 0.4) is 0 Å². The van der Waals surface area contributed by atoms with E-state index in [0.29, 0.717) is 11.5 Å². The average Bonchev–Trinajstić information content (AvgIpc) is 2.52. The van der Waals surface area contributed by atoms with E-state index < -0.39 is 0 Å². The predicted octanol–water partition coefficient (Wildman–Crippen LogP) is 2.84. The summed E-state index contributed by atoms with van der Waals surface area (Å²) in [5.74, 6) is 1.09. The van der Waals surface area contributed by atoms with E-state index in [1.165, 1.54) is 12.7 Å². The first-order valence-electron chi connectivity index (χ1n) is 7.76. The molecule has 1 rings (SSSR count). The van der Waals surface area contributed by atoms with Crippen molar-refractivity contribution in [3.8, 4) is 0 Å². The van der Waals surface area contributed by atoms with Gasteiger partial charge in [0.15, 0.2) is 5.96 Å². The molecule has 0 spiro atoms. The maximum absolute atomic E-state index is 11.4. The van der Waals surface area contributed by atoms with Gasteiger partial charge in [-0.05, 0) is 37.0 Å². The fraction of sp³-hybridized carbons (Fsp3) is 0.529. The van der Waals surface area contributed by atoms with Gasteiger partial charge < -0.3 is 15.4 Å². The van der Waals surface area contributed by atoms with Gasteiger partial charge in [0.25, 0.3) is 0 Å². The molecule has 0 radical (unpaired) electrons. The van der Waals surface area contributed by atoms with Crippen LogP contribution < -0.4 is 10.6 Å². The van der Waals surface area contributed by atoms with Gasteiger partial charge in [0.2, 0.25) is 0 Å². The SMILES string of the molecule is CCNC(=NCC(C)C)NCCc1ccc(C(=O)OC)cc1.I. The van der Waals surface area contributed by atoms with Crippen LogP contribution in [0.4, 0.5) is 0 Å². The van der Waals surface area contributed by atoms with Gasteiger partial charge in [-0.3, -0.25) is 4.99 Å². The molecule has 0 aliphatic rings. The molecule has 5 nitrogen and oxygen atoms in total. The van der Waals surface area contributed by atoms with E-state index in [0.717, 1.165) is 32.0 Å². The van der Waals surface area contributed by atoms with E-state index in [1.54, 1.807) is 12.1 Å². The van der Waals surface area contributed by atoms with Crippen molar-refractivity contribution in [3.05, 3.63) is 35.4 Å². The van der Waals surface area contributed by atoms with Crippen molar-refractivity contribution in [2.75, 3.05) is 26.7 Å². The van der Waals surface area contributed by atoms with Gasteiger partial charge in [-0.1, -0.05) is 26.0 Å². The summed E-state index contributed by atoms with van der Waals surface area (Å²) in [6.07, 6.45) is 0.869. The van der Waals surface area contributed by atoms with Crippen molar-refractivity contribution < 1.29 is 9.53 Å². The Morgan fingerprint density at radius 2 is 1.87 bits per heavy atom. The normalized spacial score (nSPS) is 10.9. The highest BCUT2D eigenvalue weighted by Crippen LogP contribution is 2.06. The standard InChI is InChI=1S/C17H27N3O2.HI/c1-5-18-17(20-12-13(2)3)19-11-10-14-6-8-15(9-7-14)16(21)22-4;/h6-9,13H,5,10-12H2,1-4H3,(H2,18,19,20);1H. The van der Waals surface area contributed by atoms with Gasteiger partial charge in [0.05, 0.1) is 12.7 Å². The zero-order valence-electron chi connectivity index (χ0n) is 14.4. The summed E-state index contributed by atoms with van der Waals surface area (Å²) in [5.41, 5.74) is 1.74. The van der Waals surface area contributed by atoms with Gasteiger partial charge in [-0.15, -0.1) is 24.0 Å². The second kappa shape index (κ2) is 12.2. The Kier molecular flexibility index (Phi) is 11.5. The zero-order valence-corrected chi connectivity index (χ0v) is 16.7. The predicted molar refractivity (Wildman–Crippen MR) is 106 cm³/mol. The number of benzene rings is 1. The van der Waals surface area contributed by atoms with Gasteiger partial charge in [0.1, 0.15) is 0 Å². The number of hydrogen-bond acceptors (Lipinski definition) is 3. The first-order valence-corrected chi connectivity index (χ1v) is 7.76. The fourth-order valence-electron chi connectivity index (χ4n) is 1.87. The van der Waals surface area contributed by atoms with E-state index in [2.05, 4.69) is 41.1 Å². The van der Waals surface area contributed by atoms with Crippen LogP contribution in [-0.4, -0.2) is 38.7 Å². The Balaban J connectivity index is 0.00000484. The summed E-state index contributed by atoms with van der Waals surface area (Å²) in [6.45, 7) is 8.80. The topological polar surface area (TPSA) is 62.7 Å². The Morgan fingerprint density at radius 3 is 2.39 bits per heavy atom. The highest BCUT2D eigenvalue weighted by Gasteiger charge is 2.04. The second-order valence-electron chi connectivity index (χ2n) is 5.48. The molecule has 0 atom stereocenters. The molecule has 6 heteroatoms. The molecular weight excluding hydrogens is 405 g/mol. The summed E-state index contributed by atoms with van der Waals surface area (Å²) in [4.78, 5) is 15.9. The molecule has 1 aromatic rings. The number of nitrogens with one attached hydrogen (secondary N) is 2. The van der Waals surface area contributed by atoms with Crippen molar-refractivity contribution in [1.82, 2.24) is 10.6 Å². The number of ether oxygens (including phenoxy) is 1. The summed E-state index contributed by atoms with van der Waals surface area (Å²) < 4.78 is 4.69. The van der Waals surface area contributed by atoms with Gasteiger partial charge >= 0.3 is 5.97 Å². The number of carbonyl (C=O) groups is 1. The molecule has 0 unspecified atom stereocenters. The highest BCUT2D eigenvalue weighted by atomic mass is 127. The van der Waals surface area contributed by atoms with E-state index in [4.69, 9.17) is 0 Å². The lowest BCUT2D eigenvalue weighted by Crippen LogP contribution is -2.38. The second-order valence-corrected chi connectivity index (χ2v) is 5.48. The van der Waals surface area contributed by atoms with Crippen molar-refractivity contribution in [1.29, 1.82) is 0 Å². The molecule has 0 fully saturated rings. The van der Waals surface area contributed by atoms with E-state index in [9.17, 15) is 4.79 Å². The lowest BCUT2D eigenvalue weighted by Gasteiger charge is -2.12. The van der Waals surface area contributed by atoms with Crippen LogP contribution in [0, 0.1) is 5.92 Å². The number of methoxy groups -OCH3 is 1. The molecule has 1 aromatic carbocycles. The van der Waals surface area contributed by atoms with Crippen LogP contribution in [-0.2, 0) is 11.2 Å². The lowest BCUT2D eigenvalue weighted by molar-refractivity contribution is 0.0600. The summed E-state index contributed by atoms with van der Waals surface area (Å²) in [6, 6.07) is 7.48. The summed E-state index contributed by atoms with van der Waals surface area (Å²) in [7, 11) is 1.39. The van der Waals surface area contributed by atoms with E-state index in [1.807, 2.05) is 12.1 Å². The smallest absolute Gasteiger partial charge is 0.337 e. The minimum atomic E-state index is -0.306. The number of aliphatic imine (C=N–C) groups is 1. The Hall–Kier alpha value is -1.31. The number of rotatable bonds is 7. The van der Waals surface area contributed by atoms with Crippen LogP contribution in [0.25, 0.3) is 0 Å². The molecule has 0 saturated carbocycles. The van der Waals surface area contributed by atoms with Crippen molar-refractivity contribution in [3.63, 3.8) is 0 Å². The van der Waals surface area contributed by atoms with Crippen LogP contribution in [0.15, 0.2) is 29.3 Å². The number of hydrogen-bond donors (Lipinski definition) is 2. The van der Waals surface area contributed by atoms with E-state index >= 15 is 0 Å². The maximum atomic E-state index is 11.4. The first-order chi connectivity index (χ1) is 10.6. The molecular formula is C17H28IN3O2. The largest absolute Gasteiger partial charge is 0.465 e. The maximum Gasteiger partial charge on any atom is 0.337 e. The molecule has 0 aliphatic carbocycles. The van der Waals surface area contributed by atoms with Crippen LogP contribution in [0.1, 0.15) is 36.7 Å². The Morgan fingerprint density at radius 1 is 1.22 bits per heavy atom. The molecule has 0 saturated heterocycles. The third-order valence-corrected chi connectivity index (χ3v) is 3.04. The number of esters is 1. The molecule has 130 valence electrons. The van der Waals surface area contributed by atoms with E-state index in [-0.39, 0.29) is 29.9 Å². The molecule has 0 bridgehead atoms. The molecule has 0 aromatic heterocycles. The Bertz CT molecular complexity index is 487. The summed E-state index contributed by atoms with van der Waals surface area (Å²) in [5, 5.41) is 6.55. The number of guanidine groups is 1. The third-order valence-electron chi connectivity index (χ3n) is 3.04. The number of nitrogens with zero attached hydrogens (tertiary/aromatic N) is 1. The Labute approximate surface area is 156 Å². The van der Waals surface area contributed by atoms with Crippen molar-refractivity contribution in [2.45, 2.75) is 27.2 Å². The molecule has 0 aliphatic heterocycles. The van der Waals surface area contributed by atoms with Crippen LogP contribution in [0.5, 0.6) is 0 Å². The van der Waals surface area contributed by atoms with Crippen molar-refractivity contribution in [2.24, 2.45) is 10.9 Å². The average molecular weight is 433 g/mol. The van der Waals surface area contributed by atoms with Crippen LogP contribution >= 0.6 is 24.0 Å². The minimum absolute atomic E-state index is 0. The van der Waals surface area contributed by atoms with Crippen LogP contribution in [0.2, 0.25) is 0 Å². The molecule has 23 heavy (non-hydrogen) atoms. The van der Waals surface area contributed by atoms with Gasteiger partial charge in [0, 0.05) is 19.6 Å². The summed E-state index contributed by atoms with van der Waals surface area (Å²) >= 11 is 0.